The van der Waals surface area contributed by atoms with Crippen molar-refractivity contribution in [2.24, 2.45) is 0 Å². The third kappa shape index (κ3) is 7.49. The Morgan fingerprint density at radius 1 is 1.41 bits per heavy atom. The molecule has 1 saturated heterocycles. The van der Waals surface area contributed by atoms with Gasteiger partial charge in [-0.1, -0.05) is 0 Å². The molecule has 1 heterocycles. The summed E-state index contributed by atoms with van der Waals surface area (Å²) in [5, 5.41) is 6.20. The van der Waals surface area contributed by atoms with Gasteiger partial charge in [0.15, 0.2) is 0 Å². The molecule has 100 valence electrons. The molecular weight excluding hydrogens is 236 g/mol. The van der Waals surface area contributed by atoms with Crippen LogP contribution in [0.2, 0.25) is 0 Å². The van der Waals surface area contributed by atoms with Crippen LogP contribution in [0.15, 0.2) is 0 Å². The Labute approximate surface area is 108 Å². The summed E-state index contributed by atoms with van der Waals surface area (Å²) in [6, 6.07) is 0.606. The third-order valence-electron chi connectivity index (χ3n) is 2.39. The molecule has 1 amide bonds. The van der Waals surface area contributed by atoms with Crippen LogP contribution in [0.25, 0.3) is 0 Å². The molecule has 0 bridgehead atoms. The van der Waals surface area contributed by atoms with Crippen LogP contribution in [0.3, 0.4) is 0 Å². The van der Waals surface area contributed by atoms with Gasteiger partial charge >= 0.3 is 6.09 Å². The highest BCUT2D eigenvalue weighted by Gasteiger charge is 2.16. The third-order valence-corrected chi connectivity index (χ3v) is 3.60. The molecule has 1 aliphatic heterocycles. The van der Waals surface area contributed by atoms with Gasteiger partial charge in [-0.15, -0.1) is 0 Å². The van der Waals surface area contributed by atoms with Gasteiger partial charge in [-0.3, -0.25) is 0 Å². The van der Waals surface area contributed by atoms with Gasteiger partial charge in [0.25, 0.3) is 0 Å². The summed E-state index contributed by atoms with van der Waals surface area (Å²) in [5.74, 6) is 2.47. The van der Waals surface area contributed by atoms with E-state index in [1.807, 2.05) is 32.5 Å². The summed E-state index contributed by atoms with van der Waals surface area (Å²) in [7, 11) is 0. The van der Waals surface area contributed by atoms with Gasteiger partial charge in [-0.05, 0) is 39.4 Å². The topological polar surface area (TPSA) is 50.4 Å². The van der Waals surface area contributed by atoms with E-state index < -0.39 is 5.60 Å². The van der Waals surface area contributed by atoms with Crippen molar-refractivity contribution >= 4 is 17.9 Å². The van der Waals surface area contributed by atoms with Gasteiger partial charge in [0.1, 0.15) is 5.60 Å². The first kappa shape index (κ1) is 14.6. The predicted molar refractivity (Wildman–Crippen MR) is 72.6 cm³/mol. The number of carbonyl (C=O) groups is 1. The average molecular weight is 260 g/mol. The van der Waals surface area contributed by atoms with Gasteiger partial charge in [-0.2, -0.15) is 11.8 Å². The lowest BCUT2D eigenvalue weighted by Crippen LogP contribution is -2.40. The molecule has 0 aromatic carbocycles. The fourth-order valence-corrected chi connectivity index (χ4v) is 2.76. The van der Waals surface area contributed by atoms with Crippen LogP contribution in [0.4, 0.5) is 4.79 Å². The van der Waals surface area contributed by atoms with Gasteiger partial charge in [-0.25, -0.2) is 4.79 Å². The molecule has 4 nitrogen and oxygen atoms in total. The maximum atomic E-state index is 11.3. The van der Waals surface area contributed by atoms with E-state index >= 15 is 0 Å². The van der Waals surface area contributed by atoms with Gasteiger partial charge in [0.05, 0.1) is 0 Å². The van der Waals surface area contributed by atoms with Crippen molar-refractivity contribution in [2.45, 2.75) is 45.3 Å². The van der Waals surface area contributed by atoms with Gasteiger partial charge in [0, 0.05) is 24.9 Å². The van der Waals surface area contributed by atoms with E-state index in [0.29, 0.717) is 12.6 Å². The smallest absolute Gasteiger partial charge is 0.407 e. The van der Waals surface area contributed by atoms with Gasteiger partial charge < -0.3 is 15.4 Å². The predicted octanol–water partition coefficient (Wildman–Crippen LogP) is 2.00. The monoisotopic (exact) mass is 260 g/mol. The first-order chi connectivity index (χ1) is 7.97. The standard InChI is InChI=1S/C12H24N2O2S/c1-12(2,3)16-11(15)14-7-6-13-10-5-4-8-17-9-10/h10,13H,4-9H2,1-3H3,(H,14,15). The fraction of sp³-hybridized carbons (Fsp3) is 0.917. The van der Waals surface area contributed by atoms with Crippen LogP contribution in [-0.4, -0.2) is 42.3 Å². The van der Waals surface area contributed by atoms with Crippen molar-refractivity contribution < 1.29 is 9.53 Å². The molecule has 0 aromatic heterocycles. The summed E-state index contributed by atoms with van der Waals surface area (Å²) >= 11 is 2.00. The number of ether oxygens (including phenoxy) is 1. The summed E-state index contributed by atoms with van der Waals surface area (Å²) < 4.78 is 5.15. The normalized spacial score (nSPS) is 21.0. The number of carbonyl (C=O) groups excluding carboxylic acids is 1. The van der Waals surface area contributed by atoms with E-state index in [4.69, 9.17) is 4.74 Å². The first-order valence-corrected chi connectivity index (χ1v) is 7.41. The van der Waals surface area contributed by atoms with Crippen LogP contribution in [0, 0.1) is 0 Å². The van der Waals surface area contributed by atoms with Crippen molar-refractivity contribution in [3.63, 3.8) is 0 Å². The molecule has 0 aromatic rings. The van der Waals surface area contributed by atoms with Crippen molar-refractivity contribution in [1.29, 1.82) is 0 Å². The number of thioether (sulfide) groups is 1. The second kappa shape index (κ2) is 7.11. The average Bonchev–Trinajstić information content (AvgIpc) is 2.23. The van der Waals surface area contributed by atoms with Crippen molar-refractivity contribution in [3.05, 3.63) is 0 Å². The molecule has 1 aliphatic rings. The molecule has 17 heavy (non-hydrogen) atoms. The van der Waals surface area contributed by atoms with Crippen LogP contribution in [-0.2, 0) is 4.74 Å². The Morgan fingerprint density at radius 2 is 2.18 bits per heavy atom. The zero-order valence-corrected chi connectivity index (χ0v) is 11.9. The quantitative estimate of drug-likeness (QED) is 0.759. The number of nitrogens with one attached hydrogen (secondary N) is 2. The van der Waals surface area contributed by atoms with E-state index in [1.165, 1.54) is 24.3 Å². The highest BCUT2D eigenvalue weighted by molar-refractivity contribution is 7.99. The second-order valence-corrected chi connectivity index (χ2v) is 6.45. The Kier molecular flexibility index (Phi) is 6.12. The molecular formula is C12H24N2O2S. The molecule has 5 heteroatoms. The number of amides is 1. The molecule has 0 radical (unpaired) electrons. The van der Waals surface area contributed by atoms with E-state index in [2.05, 4.69) is 10.6 Å². The second-order valence-electron chi connectivity index (χ2n) is 5.30. The summed E-state index contributed by atoms with van der Waals surface area (Å²) in [5.41, 5.74) is -0.419. The van der Waals surface area contributed by atoms with Crippen molar-refractivity contribution in [3.8, 4) is 0 Å². The minimum absolute atomic E-state index is 0.336. The lowest BCUT2D eigenvalue weighted by atomic mass is 10.2. The molecule has 0 saturated carbocycles. The Hall–Kier alpha value is -0.420. The largest absolute Gasteiger partial charge is 0.444 e. The highest BCUT2D eigenvalue weighted by atomic mass is 32.2. The Morgan fingerprint density at radius 3 is 2.76 bits per heavy atom. The lowest BCUT2D eigenvalue weighted by Gasteiger charge is -2.23. The number of hydrogen-bond acceptors (Lipinski definition) is 4. The molecule has 1 atom stereocenters. The maximum absolute atomic E-state index is 11.3. The molecule has 1 rings (SSSR count). The molecule has 2 N–H and O–H groups in total. The molecule has 0 spiro atoms. The Balaban J connectivity index is 2.01. The molecule has 0 aliphatic carbocycles. The molecule has 1 unspecified atom stereocenters. The minimum atomic E-state index is -0.419. The highest BCUT2D eigenvalue weighted by Crippen LogP contribution is 2.16. The van der Waals surface area contributed by atoms with E-state index in [9.17, 15) is 4.79 Å². The SMILES string of the molecule is CC(C)(C)OC(=O)NCCNC1CCCSC1. The van der Waals surface area contributed by atoms with E-state index in [1.54, 1.807) is 0 Å². The molecule has 1 fully saturated rings. The van der Waals surface area contributed by atoms with E-state index in [-0.39, 0.29) is 6.09 Å². The van der Waals surface area contributed by atoms with E-state index in [0.717, 1.165) is 6.54 Å². The van der Waals surface area contributed by atoms with Crippen molar-refractivity contribution in [1.82, 2.24) is 10.6 Å². The summed E-state index contributed by atoms with van der Waals surface area (Å²) in [6.45, 7) is 7.03. The zero-order valence-electron chi connectivity index (χ0n) is 11.0. The van der Waals surface area contributed by atoms with Crippen LogP contribution in [0.5, 0.6) is 0 Å². The Bertz CT molecular complexity index is 235. The summed E-state index contributed by atoms with van der Waals surface area (Å²) in [6.07, 6.45) is 2.21. The lowest BCUT2D eigenvalue weighted by molar-refractivity contribution is 0.0528. The van der Waals surface area contributed by atoms with Crippen LogP contribution in [0.1, 0.15) is 33.6 Å². The first-order valence-electron chi connectivity index (χ1n) is 6.25. The van der Waals surface area contributed by atoms with Crippen LogP contribution >= 0.6 is 11.8 Å². The summed E-state index contributed by atoms with van der Waals surface area (Å²) in [4.78, 5) is 11.3. The number of hydrogen-bond donors (Lipinski definition) is 2. The minimum Gasteiger partial charge on any atom is -0.444 e. The number of alkyl carbamates (subject to hydrolysis) is 1. The zero-order chi connectivity index (χ0) is 12.7. The fourth-order valence-electron chi connectivity index (χ4n) is 1.66. The maximum Gasteiger partial charge on any atom is 0.407 e. The number of rotatable bonds is 4. The van der Waals surface area contributed by atoms with Crippen LogP contribution < -0.4 is 10.6 Å². The van der Waals surface area contributed by atoms with Crippen molar-refractivity contribution in [2.75, 3.05) is 24.6 Å². The van der Waals surface area contributed by atoms with Gasteiger partial charge in [0.2, 0.25) is 0 Å².